The van der Waals surface area contributed by atoms with Gasteiger partial charge >= 0.3 is 0 Å². The zero-order valence-electron chi connectivity index (χ0n) is 15.5. The summed E-state index contributed by atoms with van der Waals surface area (Å²) in [6.45, 7) is 5.33. The molecule has 0 heterocycles. The molecule has 6 heteroatoms. The van der Waals surface area contributed by atoms with Crippen LogP contribution in [0.25, 0.3) is 0 Å². The summed E-state index contributed by atoms with van der Waals surface area (Å²) < 4.78 is 5.10. The van der Waals surface area contributed by atoms with Gasteiger partial charge in [-0.1, -0.05) is 12.6 Å². The number of phenolic OH excluding ortho intramolecular Hbond substituents is 1. The van der Waals surface area contributed by atoms with Crippen molar-refractivity contribution < 1.29 is 19.4 Å². The summed E-state index contributed by atoms with van der Waals surface area (Å²) in [5.41, 5.74) is 2.14. The van der Waals surface area contributed by atoms with Crippen molar-refractivity contribution in [2.45, 2.75) is 25.8 Å². The summed E-state index contributed by atoms with van der Waals surface area (Å²) in [5.74, 6) is 0.0715. The molecule has 0 radical (unpaired) electrons. The van der Waals surface area contributed by atoms with E-state index in [0.29, 0.717) is 17.0 Å². The number of carbonyl (C=O) groups is 2. The smallest absolute Gasteiger partial charge is 0.251 e. The molecule has 0 aliphatic carbocycles. The summed E-state index contributed by atoms with van der Waals surface area (Å²) >= 11 is 0. The van der Waals surface area contributed by atoms with Gasteiger partial charge in [0.05, 0.1) is 7.11 Å². The predicted octanol–water partition coefficient (Wildman–Crippen LogP) is 3.28. The third-order valence-corrected chi connectivity index (χ3v) is 4.09. The van der Waals surface area contributed by atoms with Crippen molar-refractivity contribution in [2.75, 3.05) is 12.4 Å². The van der Waals surface area contributed by atoms with Crippen molar-refractivity contribution >= 4 is 17.5 Å². The van der Waals surface area contributed by atoms with E-state index in [1.54, 1.807) is 36.4 Å². The molecule has 27 heavy (non-hydrogen) atoms. The van der Waals surface area contributed by atoms with Gasteiger partial charge in [-0.15, -0.1) is 0 Å². The van der Waals surface area contributed by atoms with Crippen molar-refractivity contribution in [3.8, 4) is 11.5 Å². The average Bonchev–Trinajstić information content (AvgIpc) is 2.67. The first kappa shape index (κ1) is 20.0. The lowest BCUT2D eigenvalue weighted by Crippen LogP contribution is -2.32. The molecule has 0 bridgehead atoms. The first-order valence-corrected chi connectivity index (χ1v) is 8.63. The van der Waals surface area contributed by atoms with E-state index in [1.807, 2.05) is 13.0 Å². The van der Waals surface area contributed by atoms with Crippen molar-refractivity contribution in [1.29, 1.82) is 0 Å². The van der Waals surface area contributed by atoms with E-state index in [0.717, 1.165) is 18.4 Å². The molecule has 0 aliphatic rings. The Morgan fingerprint density at radius 2 is 1.93 bits per heavy atom. The highest BCUT2D eigenvalue weighted by atomic mass is 16.5. The monoisotopic (exact) mass is 368 g/mol. The van der Waals surface area contributed by atoms with E-state index in [4.69, 9.17) is 4.74 Å². The zero-order chi connectivity index (χ0) is 19.8. The molecular weight excluding hydrogens is 344 g/mol. The van der Waals surface area contributed by atoms with E-state index < -0.39 is 0 Å². The van der Waals surface area contributed by atoms with Crippen LogP contribution in [-0.2, 0) is 11.2 Å². The molecule has 3 N–H and O–H groups in total. The Kier molecular flexibility index (Phi) is 7.00. The minimum absolute atomic E-state index is 0.0301. The summed E-state index contributed by atoms with van der Waals surface area (Å²) in [7, 11) is 1.51. The number of methoxy groups -OCH3 is 1. The lowest BCUT2D eigenvalue weighted by molar-refractivity contribution is -0.111. The Morgan fingerprint density at radius 1 is 1.22 bits per heavy atom. The van der Waals surface area contributed by atoms with Crippen LogP contribution in [0.15, 0.2) is 55.1 Å². The first-order chi connectivity index (χ1) is 12.9. The van der Waals surface area contributed by atoms with Crippen LogP contribution in [0.2, 0.25) is 0 Å². The summed E-state index contributed by atoms with van der Waals surface area (Å²) in [5, 5.41) is 15.2. The Morgan fingerprint density at radius 3 is 2.56 bits per heavy atom. The fourth-order valence-electron chi connectivity index (χ4n) is 2.54. The lowest BCUT2D eigenvalue weighted by atomic mass is 10.0. The number of rotatable bonds is 8. The molecule has 2 amide bonds. The van der Waals surface area contributed by atoms with Gasteiger partial charge in [0.1, 0.15) is 0 Å². The first-order valence-electron chi connectivity index (χ1n) is 8.63. The Bertz CT molecular complexity index is 815. The number of aromatic hydroxyl groups is 1. The number of carbonyl (C=O) groups excluding carboxylic acids is 2. The number of hydrogen-bond acceptors (Lipinski definition) is 4. The third-order valence-electron chi connectivity index (χ3n) is 4.09. The van der Waals surface area contributed by atoms with Crippen molar-refractivity contribution in [2.24, 2.45) is 0 Å². The molecule has 1 atom stereocenters. The molecule has 0 aromatic heterocycles. The Hall–Kier alpha value is -3.28. The molecule has 2 aromatic carbocycles. The quantitative estimate of drug-likeness (QED) is 0.624. The van der Waals surface area contributed by atoms with Crippen LogP contribution in [0, 0.1) is 0 Å². The second kappa shape index (κ2) is 9.43. The molecule has 0 fully saturated rings. The van der Waals surface area contributed by atoms with Crippen LogP contribution in [-0.4, -0.2) is 30.1 Å². The van der Waals surface area contributed by atoms with Gasteiger partial charge < -0.3 is 20.5 Å². The summed E-state index contributed by atoms with van der Waals surface area (Å²) in [4.78, 5) is 23.6. The highest BCUT2D eigenvalue weighted by molar-refractivity contribution is 5.99. The number of ether oxygens (including phenoxy) is 1. The molecule has 2 aromatic rings. The second-order valence-corrected chi connectivity index (χ2v) is 6.19. The van der Waals surface area contributed by atoms with Crippen LogP contribution in [0.1, 0.15) is 29.3 Å². The number of aryl methyl sites for hydroxylation is 1. The van der Waals surface area contributed by atoms with Gasteiger partial charge in [0.25, 0.3) is 5.91 Å². The van der Waals surface area contributed by atoms with Gasteiger partial charge in [0, 0.05) is 17.3 Å². The minimum atomic E-state index is -0.299. The lowest BCUT2D eigenvalue weighted by Gasteiger charge is -2.15. The standard InChI is InChI=1S/C21H24N2O4/c1-4-20(25)23-17-10-8-16(9-11-17)21(26)22-14(2)5-6-15-7-12-18(24)19(13-15)27-3/h4,7-14,24H,1,5-6H2,2-3H3,(H,22,26)(H,23,25). The number of hydrogen-bond donors (Lipinski definition) is 3. The van der Waals surface area contributed by atoms with Crippen LogP contribution in [0.4, 0.5) is 5.69 Å². The number of phenols is 1. The highest BCUT2D eigenvalue weighted by Crippen LogP contribution is 2.26. The van der Waals surface area contributed by atoms with Gasteiger partial charge in [-0.3, -0.25) is 9.59 Å². The molecule has 1 unspecified atom stereocenters. The van der Waals surface area contributed by atoms with Crippen molar-refractivity contribution in [3.05, 3.63) is 66.2 Å². The average molecular weight is 368 g/mol. The largest absolute Gasteiger partial charge is 0.504 e. The summed E-state index contributed by atoms with van der Waals surface area (Å²) in [6.07, 6.45) is 2.67. The Labute approximate surface area is 158 Å². The zero-order valence-corrected chi connectivity index (χ0v) is 15.5. The van der Waals surface area contributed by atoms with Crippen molar-refractivity contribution in [1.82, 2.24) is 5.32 Å². The third kappa shape index (κ3) is 5.88. The van der Waals surface area contributed by atoms with Crippen LogP contribution >= 0.6 is 0 Å². The van der Waals surface area contributed by atoms with E-state index in [-0.39, 0.29) is 23.6 Å². The fourth-order valence-corrected chi connectivity index (χ4v) is 2.54. The molecule has 2 rings (SSSR count). The van der Waals surface area contributed by atoms with E-state index in [9.17, 15) is 14.7 Å². The number of amides is 2. The maximum absolute atomic E-state index is 12.3. The van der Waals surface area contributed by atoms with Crippen LogP contribution < -0.4 is 15.4 Å². The number of benzene rings is 2. The maximum Gasteiger partial charge on any atom is 0.251 e. The molecule has 142 valence electrons. The molecule has 6 nitrogen and oxygen atoms in total. The van der Waals surface area contributed by atoms with Gasteiger partial charge in [-0.25, -0.2) is 0 Å². The molecule has 0 saturated heterocycles. The SMILES string of the molecule is C=CC(=O)Nc1ccc(C(=O)NC(C)CCc2ccc(O)c(OC)c2)cc1. The van der Waals surface area contributed by atoms with E-state index in [2.05, 4.69) is 17.2 Å². The van der Waals surface area contributed by atoms with E-state index >= 15 is 0 Å². The summed E-state index contributed by atoms with van der Waals surface area (Å²) in [6, 6.07) is 11.9. The van der Waals surface area contributed by atoms with Gasteiger partial charge in [-0.05, 0) is 67.8 Å². The Balaban J connectivity index is 1.87. The molecule has 0 spiro atoms. The van der Waals surface area contributed by atoms with Gasteiger partial charge in [0.2, 0.25) is 5.91 Å². The maximum atomic E-state index is 12.3. The second-order valence-electron chi connectivity index (χ2n) is 6.19. The van der Waals surface area contributed by atoms with Gasteiger partial charge in [0.15, 0.2) is 11.5 Å². The van der Waals surface area contributed by atoms with E-state index in [1.165, 1.54) is 13.2 Å². The van der Waals surface area contributed by atoms with Crippen molar-refractivity contribution in [3.63, 3.8) is 0 Å². The number of anilines is 1. The van der Waals surface area contributed by atoms with Crippen LogP contribution in [0.3, 0.4) is 0 Å². The molecule has 0 aliphatic heterocycles. The molecular formula is C21H24N2O4. The predicted molar refractivity (Wildman–Crippen MR) is 105 cm³/mol. The topological polar surface area (TPSA) is 87.7 Å². The molecule has 0 saturated carbocycles. The minimum Gasteiger partial charge on any atom is -0.504 e. The van der Waals surface area contributed by atoms with Gasteiger partial charge in [-0.2, -0.15) is 0 Å². The fraction of sp³-hybridized carbons (Fsp3) is 0.238. The highest BCUT2D eigenvalue weighted by Gasteiger charge is 2.11. The number of nitrogens with one attached hydrogen (secondary N) is 2. The van der Waals surface area contributed by atoms with Crippen LogP contribution in [0.5, 0.6) is 11.5 Å². The normalized spacial score (nSPS) is 11.3.